The number of carbonyl (C=O) groups is 3. The summed E-state index contributed by atoms with van der Waals surface area (Å²) in [5.41, 5.74) is 4.73. The smallest absolute Gasteiger partial charge is 0.363 e. The van der Waals surface area contributed by atoms with Crippen LogP contribution in [0.1, 0.15) is 61.0 Å². The predicted molar refractivity (Wildman–Crippen MR) is 140 cm³/mol. The van der Waals surface area contributed by atoms with E-state index >= 15 is 0 Å². The lowest BCUT2D eigenvalue weighted by molar-refractivity contribution is -0.172. The van der Waals surface area contributed by atoms with Crippen LogP contribution >= 0.6 is 0 Å². The highest BCUT2D eigenvalue weighted by molar-refractivity contribution is 6.02. The summed E-state index contributed by atoms with van der Waals surface area (Å²) in [5, 5.41) is 0.560. The summed E-state index contributed by atoms with van der Waals surface area (Å²) in [6.07, 6.45) is 5.63. The molecule has 7 heteroatoms. The van der Waals surface area contributed by atoms with Crippen LogP contribution in [0.3, 0.4) is 0 Å². The quantitative estimate of drug-likeness (QED) is 0.253. The van der Waals surface area contributed by atoms with Gasteiger partial charge in [-0.25, -0.2) is 4.79 Å². The minimum absolute atomic E-state index is 0.0731. The zero-order valence-corrected chi connectivity index (χ0v) is 21.3. The molecule has 7 nitrogen and oxygen atoms in total. The van der Waals surface area contributed by atoms with Gasteiger partial charge in [0.05, 0.1) is 24.1 Å². The van der Waals surface area contributed by atoms with Gasteiger partial charge in [-0.2, -0.15) is 0 Å². The molecule has 2 heterocycles. The van der Waals surface area contributed by atoms with E-state index in [4.69, 9.17) is 9.57 Å². The molecule has 1 aliphatic rings. The molecule has 0 atom stereocenters. The first-order chi connectivity index (χ1) is 17.9. The van der Waals surface area contributed by atoms with E-state index in [0.29, 0.717) is 23.2 Å². The predicted octanol–water partition coefficient (Wildman–Crippen LogP) is 5.57. The van der Waals surface area contributed by atoms with E-state index in [1.807, 2.05) is 24.3 Å². The van der Waals surface area contributed by atoms with Gasteiger partial charge >= 0.3 is 5.97 Å². The van der Waals surface area contributed by atoms with E-state index in [0.717, 1.165) is 48.3 Å². The number of pyridine rings is 1. The molecule has 0 unspecified atom stereocenters. The van der Waals surface area contributed by atoms with Crippen LogP contribution in [0.25, 0.3) is 11.3 Å². The normalized spacial score (nSPS) is 13.3. The van der Waals surface area contributed by atoms with Crippen LogP contribution < -0.4 is 4.74 Å². The Morgan fingerprint density at radius 3 is 2.19 bits per heavy atom. The molecule has 2 amide bonds. The Kier molecular flexibility index (Phi) is 8.67. The van der Waals surface area contributed by atoms with E-state index in [1.165, 1.54) is 5.56 Å². The Labute approximate surface area is 217 Å². The molecule has 1 fully saturated rings. The number of aryl methyl sites for hydroxylation is 1. The lowest BCUT2D eigenvalue weighted by Crippen LogP contribution is -2.32. The number of aromatic nitrogens is 1. The second-order valence-corrected chi connectivity index (χ2v) is 9.64. The zero-order valence-electron chi connectivity index (χ0n) is 21.3. The molecule has 1 aliphatic heterocycles. The highest BCUT2D eigenvalue weighted by Crippen LogP contribution is 2.21. The zero-order chi connectivity index (χ0) is 26.2. The SMILES string of the molecule is CC(C)Cc1ccc(-c2ccc(OCCCCc3ccc(C(=O)ON4C(=O)CCC4=O)cc3)cn2)cc1. The molecule has 1 aromatic heterocycles. The summed E-state index contributed by atoms with van der Waals surface area (Å²) in [4.78, 5) is 44.9. The van der Waals surface area contributed by atoms with Crippen molar-refractivity contribution in [3.05, 3.63) is 83.6 Å². The average molecular weight is 501 g/mol. The van der Waals surface area contributed by atoms with Gasteiger partial charge in [-0.05, 0) is 67.0 Å². The van der Waals surface area contributed by atoms with Crippen molar-refractivity contribution in [3.63, 3.8) is 0 Å². The number of benzene rings is 2. The third-order valence-corrected chi connectivity index (χ3v) is 6.13. The average Bonchev–Trinajstić information content (AvgIpc) is 3.21. The summed E-state index contributed by atoms with van der Waals surface area (Å²) in [6, 6.07) is 19.5. The molecule has 0 radical (unpaired) electrons. The van der Waals surface area contributed by atoms with Crippen molar-refractivity contribution in [1.82, 2.24) is 10.0 Å². The summed E-state index contributed by atoms with van der Waals surface area (Å²) in [6.45, 7) is 5.03. The maximum atomic E-state index is 12.2. The third-order valence-electron chi connectivity index (χ3n) is 6.13. The van der Waals surface area contributed by atoms with Gasteiger partial charge in [0, 0.05) is 18.4 Å². The molecule has 192 valence electrons. The first-order valence-corrected chi connectivity index (χ1v) is 12.7. The van der Waals surface area contributed by atoms with Gasteiger partial charge in [0.2, 0.25) is 0 Å². The Morgan fingerprint density at radius 2 is 1.57 bits per heavy atom. The maximum absolute atomic E-state index is 12.2. The Hall–Kier alpha value is -4.00. The molecule has 4 rings (SSSR count). The van der Waals surface area contributed by atoms with Gasteiger partial charge in [0.25, 0.3) is 11.8 Å². The minimum atomic E-state index is -0.716. The number of hydrogen-bond donors (Lipinski definition) is 0. The van der Waals surface area contributed by atoms with Crippen molar-refractivity contribution in [2.45, 2.75) is 52.4 Å². The Balaban J connectivity index is 1.17. The lowest BCUT2D eigenvalue weighted by atomic mass is 10.0. The van der Waals surface area contributed by atoms with Crippen LogP contribution in [-0.2, 0) is 27.3 Å². The number of amides is 2. The molecule has 3 aromatic rings. The Bertz CT molecular complexity index is 1200. The number of unbranched alkanes of at least 4 members (excludes halogenated alkanes) is 1. The van der Waals surface area contributed by atoms with E-state index in [-0.39, 0.29) is 12.8 Å². The van der Waals surface area contributed by atoms with Crippen molar-refractivity contribution in [2.75, 3.05) is 6.61 Å². The van der Waals surface area contributed by atoms with Crippen molar-refractivity contribution < 1.29 is 24.0 Å². The fraction of sp³-hybridized carbons (Fsp3) is 0.333. The van der Waals surface area contributed by atoms with Crippen LogP contribution in [0.2, 0.25) is 0 Å². The fourth-order valence-electron chi connectivity index (χ4n) is 4.14. The molecule has 37 heavy (non-hydrogen) atoms. The lowest BCUT2D eigenvalue weighted by Gasteiger charge is -2.12. The summed E-state index contributed by atoms with van der Waals surface area (Å²) in [7, 11) is 0. The summed E-state index contributed by atoms with van der Waals surface area (Å²) >= 11 is 0. The molecule has 0 aliphatic carbocycles. The van der Waals surface area contributed by atoms with Crippen molar-refractivity contribution in [3.8, 4) is 17.0 Å². The van der Waals surface area contributed by atoms with E-state index < -0.39 is 17.8 Å². The topological polar surface area (TPSA) is 85.8 Å². The summed E-state index contributed by atoms with van der Waals surface area (Å²) in [5.74, 6) is -0.310. The number of imide groups is 1. The van der Waals surface area contributed by atoms with Crippen LogP contribution in [0, 0.1) is 5.92 Å². The molecule has 2 aromatic carbocycles. The first kappa shape index (κ1) is 26.1. The van der Waals surface area contributed by atoms with Gasteiger partial charge in [-0.1, -0.05) is 50.2 Å². The number of rotatable bonds is 11. The van der Waals surface area contributed by atoms with Crippen molar-refractivity contribution in [2.24, 2.45) is 5.92 Å². The molecule has 0 saturated carbocycles. The number of ether oxygens (including phenoxy) is 1. The van der Waals surface area contributed by atoms with Crippen molar-refractivity contribution in [1.29, 1.82) is 0 Å². The molecular formula is C30H32N2O5. The van der Waals surface area contributed by atoms with Crippen molar-refractivity contribution >= 4 is 17.8 Å². The van der Waals surface area contributed by atoms with Gasteiger partial charge < -0.3 is 9.57 Å². The van der Waals surface area contributed by atoms with Gasteiger partial charge in [-0.15, -0.1) is 5.06 Å². The van der Waals surface area contributed by atoms with Gasteiger partial charge in [-0.3, -0.25) is 14.6 Å². The largest absolute Gasteiger partial charge is 0.492 e. The molecule has 0 spiro atoms. The number of hydroxylamine groups is 2. The first-order valence-electron chi connectivity index (χ1n) is 12.7. The highest BCUT2D eigenvalue weighted by Gasteiger charge is 2.33. The summed E-state index contributed by atoms with van der Waals surface area (Å²) < 4.78 is 5.85. The fourth-order valence-corrected chi connectivity index (χ4v) is 4.14. The van der Waals surface area contributed by atoms with E-state index in [9.17, 15) is 14.4 Å². The van der Waals surface area contributed by atoms with E-state index in [2.05, 4.69) is 43.1 Å². The van der Waals surface area contributed by atoms with E-state index in [1.54, 1.807) is 18.3 Å². The van der Waals surface area contributed by atoms with Crippen LogP contribution in [0.15, 0.2) is 66.9 Å². The maximum Gasteiger partial charge on any atom is 0.363 e. The third kappa shape index (κ3) is 7.26. The monoisotopic (exact) mass is 500 g/mol. The second kappa shape index (κ2) is 12.3. The van der Waals surface area contributed by atoms with Crippen LogP contribution in [0.4, 0.5) is 0 Å². The molecule has 1 saturated heterocycles. The molecule has 0 bridgehead atoms. The second-order valence-electron chi connectivity index (χ2n) is 9.64. The number of hydrogen-bond acceptors (Lipinski definition) is 6. The highest BCUT2D eigenvalue weighted by atomic mass is 16.7. The van der Waals surface area contributed by atoms with Gasteiger partial charge in [0.15, 0.2) is 0 Å². The molecular weight excluding hydrogens is 468 g/mol. The number of carbonyl (C=O) groups excluding carboxylic acids is 3. The van der Waals surface area contributed by atoms with Gasteiger partial charge in [0.1, 0.15) is 5.75 Å². The van der Waals surface area contributed by atoms with Crippen LogP contribution in [0.5, 0.6) is 5.75 Å². The minimum Gasteiger partial charge on any atom is -0.492 e. The molecule has 0 N–H and O–H groups in total. The van der Waals surface area contributed by atoms with Crippen LogP contribution in [-0.4, -0.2) is 34.4 Å². The standard InChI is InChI=1S/C30H32N2O5/c1-21(2)19-23-8-10-24(11-9-23)27-15-14-26(20-31-27)36-18-4-3-5-22-6-12-25(13-7-22)30(35)37-32-28(33)16-17-29(32)34/h6-15,20-21H,3-5,16-19H2,1-2H3. The Morgan fingerprint density at radius 1 is 0.892 bits per heavy atom. The number of nitrogens with zero attached hydrogens (tertiary/aromatic N) is 2.